The first-order valence-corrected chi connectivity index (χ1v) is 8.58. The Kier molecular flexibility index (Phi) is 4.90. The topological polar surface area (TPSA) is 49.4 Å². The zero-order chi connectivity index (χ0) is 18.0. The number of nitrogens with zero attached hydrogens (tertiary/aromatic N) is 1. The standard InChI is InChI=1S/C19H17FN2O2S/c1-12-7-8-16(13(2)9-12)21-11-22-18(23)17(25-19(22)24)10-14-5-3-4-6-15(14)20/h3-10,21H,11H2,1-2H3/b17-10+. The number of benzene rings is 2. The van der Waals surface area contributed by atoms with Crippen LogP contribution in [0.5, 0.6) is 0 Å². The number of halogens is 1. The summed E-state index contributed by atoms with van der Waals surface area (Å²) >= 11 is 0.819. The van der Waals surface area contributed by atoms with Gasteiger partial charge in [0.15, 0.2) is 0 Å². The van der Waals surface area contributed by atoms with Crippen molar-refractivity contribution in [2.45, 2.75) is 13.8 Å². The van der Waals surface area contributed by atoms with Crippen molar-refractivity contribution in [3.05, 3.63) is 69.9 Å². The van der Waals surface area contributed by atoms with Crippen LogP contribution in [0.15, 0.2) is 47.4 Å². The van der Waals surface area contributed by atoms with E-state index in [0.29, 0.717) is 0 Å². The summed E-state index contributed by atoms with van der Waals surface area (Å²) in [6.07, 6.45) is 1.41. The highest BCUT2D eigenvalue weighted by atomic mass is 32.2. The van der Waals surface area contributed by atoms with Gasteiger partial charge in [0.25, 0.3) is 11.1 Å². The zero-order valence-corrected chi connectivity index (χ0v) is 14.7. The first-order valence-electron chi connectivity index (χ1n) is 7.77. The number of rotatable bonds is 4. The van der Waals surface area contributed by atoms with Crippen molar-refractivity contribution in [3.63, 3.8) is 0 Å². The van der Waals surface area contributed by atoms with Gasteiger partial charge in [0.1, 0.15) is 5.82 Å². The number of aryl methyl sites for hydroxylation is 2. The van der Waals surface area contributed by atoms with Gasteiger partial charge >= 0.3 is 0 Å². The molecule has 1 aliphatic heterocycles. The third kappa shape index (κ3) is 3.74. The first-order chi connectivity index (χ1) is 12.0. The van der Waals surface area contributed by atoms with E-state index in [1.54, 1.807) is 18.2 Å². The molecule has 0 radical (unpaired) electrons. The molecule has 1 saturated heterocycles. The summed E-state index contributed by atoms with van der Waals surface area (Å²) in [6, 6.07) is 12.0. The van der Waals surface area contributed by atoms with E-state index in [2.05, 4.69) is 5.32 Å². The Morgan fingerprint density at radius 3 is 2.64 bits per heavy atom. The lowest BCUT2D eigenvalue weighted by Crippen LogP contribution is -2.33. The minimum atomic E-state index is -0.428. The predicted octanol–water partition coefficient (Wildman–Crippen LogP) is 4.55. The third-order valence-corrected chi connectivity index (χ3v) is 4.78. The molecule has 4 nitrogen and oxygen atoms in total. The molecule has 0 bridgehead atoms. The van der Waals surface area contributed by atoms with E-state index in [4.69, 9.17) is 0 Å². The molecule has 1 fully saturated rings. The van der Waals surface area contributed by atoms with Gasteiger partial charge in [-0.1, -0.05) is 35.9 Å². The number of hydrogen-bond acceptors (Lipinski definition) is 4. The molecular weight excluding hydrogens is 339 g/mol. The van der Waals surface area contributed by atoms with Crippen LogP contribution in [-0.2, 0) is 4.79 Å². The van der Waals surface area contributed by atoms with Gasteiger partial charge < -0.3 is 5.32 Å². The smallest absolute Gasteiger partial charge is 0.295 e. The van der Waals surface area contributed by atoms with Crippen molar-refractivity contribution < 1.29 is 14.0 Å². The minimum Gasteiger partial charge on any atom is -0.367 e. The van der Waals surface area contributed by atoms with Gasteiger partial charge in [-0.3, -0.25) is 14.5 Å². The molecule has 1 N–H and O–H groups in total. The molecule has 2 aromatic carbocycles. The number of carbonyl (C=O) groups is 2. The fourth-order valence-corrected chi connectivity index (χ4v) is 3.38. The summed E-state index contributed by atoms with van der Waals surface area (Å²) < 4.78 is 13.7. The molecule has 0 aliphatic carbocycles. The van der Waals surface area contributed by atoms with E-state index in [0.717, 1.165) is 33.5 Å². The maximum absolute atomic E-state index is 13.7. The van der Waals surface area contributed by atoms with Crippen molar-refractivity contribution in [3.8, 4) is 0 Å². The van der Waals surface area contributed by atoms with Gasteiger partial charge in [-0.25, -0.2) is 4.39 Å². The Morgan fingerprint density at radius 1 is 1.16 bits per heavy atom. The minimum absolute atomic E-state index is 0.0726. The molecule has 0 atom stereocenters. The highest BCUT2D eigenvalue weighted by molar-refractivity contribution is 8.18. The van der Waals surface area contributed by atoms with Crippen LogP contribution in [0, 0.1) is 19.7 Å². The van der Waals surface area contributed by atoms with Crippen molar-refractivity contribution in [2.75, 3.05) is 12.0 Å². The third-order valence-electron chi connectivity index (χ3n) is 3.87. The maximum Gasteiger partial charge on any atom is 0.295 e. The number of hydrogen-bond donors (Lipinski definition) is 1. The monoisotopic (exact) mass is 356 g/mol. The second-order valence-electron chi connectivity index (χ2n) is 5.78. The van der Waals surface area contributed by atoms with Gasteiger partial charge in [-0.15, -0.1) is 0 Å². The van der Waals surface area contributed by atoms with Crippen LogP contribution in [-0.4, -0.2) is 22.7 Å². The van der Waals surface area contributed by atoms with E-state index in [1.165, 1.54) is 12.1 Å². The van der Waals surface area contributed by atoms with E-state index in [9.17, 15) is 14.0 Å². The quantitative estimate of drug-likeness (QED) is 0.817. The van der Waals surface area contributed by atoms with Crippen molar-refractivity contribution >= 4 is 34.7 Å². The van der Waals surface area contributed by atoms with Gasteiger partial charge in [0, 0.05) is 11.3 Å². The number of thioether (sulfide) groups is 1. The Bertz CT molecular complexity index is 879. The molecule has 0 unspecified atom stereocenters. The lowest BCUT2D eigenvalue weighted by molar-refractivity contribution is -0.122. The van der Waals surface area contributed by atoms with Gasteiger partial charge in [-0.05, 0) is 49.4 Å². The Morgan fingerprint density at radius 2 is 1.92 bits per heavy atom. The predicted molar refractivity (Wildman–Crippen MR) is 98.6 cm³/mol. The first kappa shape index (κ1) is 17.2. The van der Waals surface area contributed by atoms with E-state index < -0.39 is 11.7 Å². The molecule has 0 saturated carbocycles. The van der Waals surface area contributed by atoms with Gasteiger partial charge in [0.05, 0.1) is 11.6 Å². The molecule has 2 aromatic rings. The Hall–Kier alpha value is -2.60. The lowest BCUT2D eigenvalue weighted by Gasteiger charge is -2.16. The molecule has 2 amide bonds. The molecule has 25 heavy (non-hydrogen) atoms. The Balaban J connectivity index is 1.74. The molecule has 0 spiro atoms. The average molecular weight is 356 g/mol. The van der Waals surface area contributed by atoms with E-state index in [1.807, 2.05) is 32.0 Å². The molecule has 128 valence electrons. The van der Waals surface area contributed by atoms with Gasteiger partial charge in [-0.2, -0.15) is 0 Å². The second kappa shape index (κ2) is 7.11. The van der Waals surface area contributed by atoms with Crippen LogP contribution in [0.3, 0.4) is 0 Å². The molecule has 3 rings (SSSR count). The summed E-state index contributed by atoms with van der Waals surface area (Å²) in [5.74, 6) is -0.849. The molecule has 6 heteroatoms. The summed E-state index contributed by atoms with van der Waals surface area (Å²) in [5, 5.41) is 2.74. The lowest BCUT2D eigenvalue weighted by atomic mass is 10.1. The molecule has 0 aromatic heterocycles. The van der Waals surface area contributed by atoms with Crippen LogP contribution in [0.25, 0.3) is 6.08 Å². The van der Waals surface area contributed by atoms with Crippen molar-refractivity contribution in [2.24, 2.45) is 0 Å². The fourth-order valence-electron chi connectivity index (χ4n) is 2.55. The normalized spacial score (nSPS) is 16.0. The summed E-state index contributed by atoms with van der Waals surface area (Å²) in [5.41, 5.74) is 3.33. The largest absolute Gasteiger partial charge is 0.367 e. The fraction of sp³-hybridized carbons (Fsp3) is 0.158. The highest BCUT2D eigenvalue weighted by Gasteiger charge is 2.35. The van der Waals surface area contributed by atoms with Crippen molar-refractivity contribution in [1.82, 2.24) is 4.90 Å². The molecule has 1 heterocycles. The number of carbonyl (C=O) groups excluding carboxylic acids is 2. The van der Waals surface area contributed by atoms with Crippen LogP contribution in [0.1, 0.15) is 16.7 Å². The maximum atomic E-state index is 13.7. The summed E-state index contributed by atoms with van der Waals surface area (Å²) in [7, 11) is 0. The summed E-state index contributed by atoms with van der Waals surface area (Å²) in [4.78, 5) is 25.9. The zero-order valence-electron chi connectivity index (χ0n) is 13.9. The van der Waals surface area contributed by atoms with Gasteiger partial charge in [0.2, 0.25) is 0 Å². The average Bonchev–Trinajstić information content (AvgIpc) is 2.83. The van der Waals surface area contributed by atoms with Crippen LogP contribution in [0.4, 0.5) is 14.9 Å². The number of amides is 2. The molecular formula is C19H17FN2O2S. The van der Waals surface area contributed by atoms with Crippen molar-refractivity contribution in [1.29, 1.82) is 0 Å². The highest BCUT2D eigenvalue weighted by Crippen LogP contribution is 2.32. The van der Waals surface area contributed by atoms with E-state index in [-0.39, 0.29) is 22.4 Å². The van der Waals surface area contributed by atoms with Crippen LogP contribution >= 0.6 is 11.8 Å². The van der Waals surface area contributed by atoms with Crippen LogP contribution in [0.2, 0.25) is 0 Å². The number of anilines is 1. The van der Waals surface area contributed by atoms with E-state index >= 15 is 0 Å². The second-order valence-corrected chi connectivity index (χ2v) is 6.78. The summed E-state index contributed by atoms with van der Waals surface area (Å²) in [6.45, 7) is 4.03. The SMILES string of the molecule is Cc1ccc(NCN2C(=O)S/C(=C/c3ccccc3F)C2=O)c(C)c1. The Labute approximate surface area is 149 Å². The van der Waals surface area contributed by atoms with Crippen LogP contribution < -0.4 is 5.32 Å². The molecule has 1 aliphatic rings. The number of nitrogens with one attached hydrogen (secondary N) is 1. The number of imide groups is 1.